The van der Waals surface area contributed by atoms with Crippen molar-refractivity contribution in [3.05, 3.63) is 156 Å². The predicted octanol–water partition coefficient (Wildman–Crippen LogP) is 14.0. The summed E-state index contributed by atoms with van der Waals surface area (Å²) < 4.78 is 11.0. The Labute approximate surface area is 422 Å². The molecule has 348 valence electrons. The summed E-state index contributed by atoms with van der Waals surface area (Å²) in [6, 6.07) is 53.1. The minimum atomic E-state index is -0.0545. The van der Waals surface area contributed by atoms with Gasteiger partial charge in [-0.2, -0.15) is 0 Å². The molecule has 0 N–H and O–H groups in total. The molecule has 4 nitrogen and oxygen atoms in total. The largest absolute Gasteiger partial charge is 0.374 e. The second kappa shape index (κ2) is 12.7. The second-order valence-corrected chi connectivity index (χ2v) is 26.1. The Bertz CT molecular complexity index is 4260. The first-order valence-electron chi connectivity index (χ1n) is 26.4. The molecule has 8 aromatic carbocycles. The second-order valence-electron chi connectivity index (χ2n) is 26.1. The standard InChI is InChI=1S/C66H58B2N4/c1-63(2,3)35-31-45(65(7,8)9)53-41-23-15-27-47-59(41)69(51(53)33-35)49-29-17-19-37-39-21-13-25-43-57(39)71(67(47)55(37)49)61-44-26-14-22-40-38-20-18-30-50-56(38)68(72(58(40)44)62(43)61)48-28-16-24-42-54-46(66(10,11)12)32-36(64(4,5)6)34-52(54)70(50)60(42)48/h13-34H,1-12H3. The van der Waals surface area contributed by atoms with Crippen molar-refractivity contribution in [1.82, 2.24) is 18.1 Å². The molecule has 4 aliphatic heterocycles. The van der Waals surface area contributed by atoms with Gasteiger partial charge in [-0.15, -0.1) is 0 Å². The quantitative estimate of drug-likeness (QED) is 0.135. The van der Waals surface area contributed by atoms with Crippen molar-refractivity contribution in [2.75, 3.05) is 0 Å². The molecule has 0 saturated heterocycles. The van der Waals surface area contributed by atoms with Crippen LogP contribution in [-0.4, -0.2) is 31.8 Å². The molecule has 0 atom stereocenters. The van der Waals surface area contributed by atoms with Crippen LogP contribution in [0, 0.1) is 0 Å². The number of hydrogen-bond acceptors (Lipinski definition) is 0. The summed E-state index contributed by atoms with van der Waals surface area (Å²) in [5.74, 6) is 0. The first kappa shape index (κ1) is 41.4. The first-order valence-corrected chi connectivity index (χ1v) is 26.4. The van der Waals surface area contributed by atoms with Crippen molar-refractivity contribution in [1.29, 1.82) is 0 Å². The van der Waals surface area contributed by atoms with Gasteiger partial charge < -0.3 is 18.1 Å². The van der Waals surface area contributed by atoms with Gasteiger partial charge in [-0.1, -0.05) is 192 Å². The fraction of sp³-hybridized carbons (Fsp3) is 0.242. The van der Waals surface area contributed by atoms with Gasteiger partial charge in [0.15, 0.2) is 0 Å². The summed E-state index contributed by atoms with van der Waals surface area (Å²) >= 11 is 0. The van der Waals surface area contributed by atoms with Gasteiger partial charge in [0, 0.05) is 65.9 Å². The van der Waals surface area contributed by atoms with E-state index in [1.54, 1.807) is 0 Å². The lowest BCUT2D eigenvalue weighted by molar-refractivity contribution is 0.572. The molecule has 4 aliphatic rings. The lowest BCUT2D eigenvalue weighted by Crippen LogP contribution is -2.55. The number of benzene rings is 8. The highest BCUT2D eigenvalue weighted by Gasteiger charge is 2.47. The van der Waals surface area contributed by atoms with Crippen LogP contribution in [0.4, 0.5) is 0 Å². The Morgan fingerprint density at radius 2 is 0.694 bits per heavy atom. The third kappa shape index (κ3) is 4.75. The molecule has 0 amide bonds. The van der Waals surface area contributed by atoms with Gasteiger partial charge in [0.25, 0.3) is 0 Å². The topological polar surface area (TPSA) is 19.7 Å². The van der Waals surface area contributed by atoms with E-state index in [0.29, 0.717) is 0 Å². The van der Waals surface area contributed by atoms with Crippen molar-refractivity contribution < 1.29 is 0 Å². The number of para-hydroxylation sites is 4. The number of hydrogen-bond donors (Lipinski definition) is 0. The molecular formula is C66H58B2N4. The molecule has 6 heteroatoms. The van der Waals surface area contributed by atoms with Crippen LogP contribution in [0.1, 0.15) is 105 Å². The average Bonchev–Trinajstić information content (AvgIpc) is 4.07. The minimum absolute atomic E-state index is 0.00879. The van der Waals surface area contributed by atoms with Gasteiger partial charge in [-0.25, -0.2) is 0 Å². The highest BCUT2D eigenvalue weighted by atomic mass is 15.1. The average molecular weight is 929 g/mol. The number of aromatic nitrogens is 4. The SMILES string of the molecule is CC(C)(C)c1cc(C(C)(C)C)c2c3cccc4c3n(c2c1)-c1cccc2c1B4n1c3c-2cccc3c2c1c1cccc3c1n2B1c2c-3cccc2-n2c3cc(C(C)(C)C)cc(C(C)(C)C)c3c3cccc1c32. The van der Waals surface area contributed by atoms with Crippen LogP contribution in [0.2, 0.25) is 0 Å². The van der Waals surface area contributed by atoms with Crippen LogP contribution in [0.15, 0.2) is 133 Å². The molecule has 0 fully saturated rings. The monoisotopic (exact) mass is 928 g/mol. The van der Waals surface area contributed by atoms with E-state index in [1.807, 2.05) is 0 Å². The van der Waals surface area contributed by atoms with Crippen molar-refractivity contribution >= 4 is 112 Å². The van der Waals surface area contributed by atoms with E-state index < -0.39 is 0 Å². The van der Waals surface area contributed by atoms with Gasteiger partial charge in [0.05, 0.1) is 33.1 Å². The van der Waals surface area contributed by atoms with Crippen molar-refractivity contribution in [3.63, 3.8) is 0 Å². The van der Waals surface area contributed by atoms with E-state index in [4.69, 9.17) is 0 Å². The van der Waals surface area contributed by atoms with Crippen LogP contribution in [-0.2, 0) is 21.7 Å². The Morgan fingerprint density at radius 3 is 1.08 bits per heavy atom. The fourth-order valence-corrected chi connectivity index (χ4v) is 14.7. The molecule has 0 unspecified atom stereocenters. The highest BCUT2D eigenvalue weighted by Crippen LogP contribution is 2.51. The molecule has 12 aromatic rings. The Balaban J connectivity index is 1.06. The summed E-state index contributed by atoms with van der Waals surface area (Å²) in [4.78, 5) is 0. The Morgan fingerprint density at radius 1 is 0.333 bits per heavy atom. The van der Waals surface area contributed by atoms with Crippen molar-refractivity contribution in [2.24, 2.45) is 0 Å². The highest BCUT2D eigenvalue weighted by molar-refractivity contribution is 6.92. The van der Waals surface area contributed by atoms with E-state index >= 15 is 0 Å². The summed E-state index contributed by atoms with van der Waals surface area (Å²) in [7, 11) is 0. The van der Waals surface area contributed by atoms with Crippen LogP contribution in [0.5, 0.6) is 0 Å². The third-order valence-electron chi connectivity index (χ3n) is 17.8. The van der Waals surface area contributed by atoms with Crippen LogP contribution in [0.25, 0.3) is 110 Å². The van der Waals surface area contributed by atoms with E-state index in [2.05, 4.69) is 235 Å². The number of fused-ring (bicyclic) bond motifs is 19. The van der Waals surface area contributed by atoms with Gasteiger partial charge in [0.2, 0.25) is 0 Å². The summed E-state index contributed by atoms with van der Waals surface area (Å²) in [5.41, 5.74) is 29.6. The molecule has 4 aromatic heterocycles. The minimum Gasteiger partial charge on any atom is -0.374 e. The van der Waals surface area contributed by atoms with Gasteiger partial charge >= 0.3 is 13.7 Å². The third-order valence-corrected chi connectivity index (χ3v) is 17.8. The Kier molecular flexibility index (Phi) is 7.31. The van der Waals surface area contributed by atoms with Crippen molar-refractivity contribution in [2.45, 2.75) is 105 Å². The van der Waals surface area contributed by atoms with E-state index in [9.17, 15) is 0 Å². The maximum atomic E-state index is 2.82. The molecule has 8 heterocycles. The normalized spacial score (nSPS) is 14.6. The predicted molar refractivity (Wildman–Crippen MR) is 310 cm³/mol. The van der Waals surface area contributed by atoms with Gasteiger partial charge in [-0.3, -0.25) is 0 Å². The number of rotatable bonds is 0. The van der Waals surface area contributed by atoms with Crippen molar-refractivity contribution in [3.8, 4) is 33.6 Å². The van der Waals surface area contributed by atoms with Crippen LogP contribution < -0.4 is 21.9 Å². The molecule has 0 saturated carbocycles. The molecule has 72 heavy (non-hydrogen) atoms. The van der Waals surface area contributed by atoms with Crippen LogP contribution in [0.3, 0.4) is 0 Å². The fourth-order valence-electron chi connectivity index (χ4n) is 14.7. The maximum Gasteiger partial charge on any atom is 0.333 e. The van der Waals surface area contributed by atoms with Crippen LogP contribution >= 0.6 is 0 Å². The zero-order valence-corrected chi connectivity index (χ0v) is 43.6. The van der Waals surface area contributed by atoms with Gasteiger partial charge in [-0.05, 0) is 101 Å². The first-order chi connectivity index (χ1) is 34.3. The molecule has 0 radical (unpaired) electrons. The molecule has 0 spiro atoms. The van der Waals surface area contributed by atoms with Gasteiger partial charge in [0.1, 0.15) is 0 Å². The molecule has 16 rings (SSSR count). The Hall–Kier alpha value is -7.17. The van der Waals surface area contributed by atoms with E-state index in [-0.39, 0.29) is 35.4 Å². The maximum absolute atomic E-state index is 2.82. The lowest BCUT2D eigenvalue weighted by atomic mass is 9.45. The molecule has 0 aliphatic carbocycles. The zero-order chi connectivity index (χ0) is 49.2. The number of nitrogens with zero attached hydrogens (tertiary/aromatic N) is 4. The molecule has 0 bridgehead atoms. The summed E-state index contributed by atoms with van der Waals surface area (Å²) in [5, 5.41) is 8.13. The summed E-state index contributed by atoms with van der Waals surface area (Å²) in [6.07, 6.45) is 0. The zero-order valence-electron chi connectivity index (χ0n) is 43.6. The lowest BCUT2D eigenvalue weighted by Gasteiger charge is -2.34. The molecular weight excluding hydrogens is 870 g/mol. The summed E-state index contributed by atoms with van der Waals surface area (Å²) in [6.45, 7) is 28.5. The smallest absolute Gasteiger partial charge is 0.333 e. The van der Waals surface area contributed by atoms with E-state index in [1.165, 1.54) is 154 Å². The van der Waals surface area contributed by atoms with E-state index in [0.717, 1.165) is 0 Å².